The van der Waals surface area contributed by atoms with Crippen molar-refractivity contribution in [2.24, 2.45) is 22.0 Å². The van der Waals surface area contributed by atoms with Gasteiger partial charge in [-0.2, -0.15) is 0 Å². The van der Waals surface area contributed by atoms with Gasteiger partial charge in [0.1, 0.15) is 0 Å². The number of fused-ring (bicyclic) bond motifs is 2. The molecule has 3 aliphatic heterocycles. The highest BCUT2D eigenvalue weighted by Crippen LogP contribution is 2.43. The monoisotopic (exact) mass is 685 g/mol. The molecule has 12 heteroatoms. The number of carbonyl (C=O) groups excluding carboxylic acids is 1. The number of rotatable bonds is 13. The van der Waals surface area contributed by atoms with Gasteiger partial charge in [-0.1, -0.05) is 5.16 Å². The number of ether oxygens (including phenoxy) is 7. The quantitative estimate of drug-likeness (QED) is 0.201. The molecule has 7 rings (SSSR count). The van der Waals surface area contributed by atoms with Gasteiger partial charge < -0.3 is 42.9 Å². The van der Waals surface area contributed by atoms with Gasteiger partial charge in [0.2, 0.25) is 5.75 Å². The van der Waals surface area contributed by atoms with Gasteiger partial charge in [-0.25, -0.2) is 0 Å². The van der Waals surface area contributed by atoms with Gasteiger partial charge in [-0.15, -0.1) is 0 Å². The average molecular weight is 686 g/mol. The van der Waals surface area contributed by atoms with E-state index in [9.17, 15) is 4.79 Å². The molecule has 3 heterocycles. The van der Waals surface area contributed by atoms with Gasteiger partial charge in [0.05, 0.1) is 71.8 Å². The number of amides is 1. The third-order valence-electron chi connectivity index (χ3n) is 9.97. The maximum atomic E-state index is 13.2. The zero-order valence-corrected chi connectivity index (χ0v) is 29.1. The second-order valence-corrected chi connectivity index (χ2v) is 13.0. The number of methoxy groups -OCH3 is 5. The molecule has 50 heavy (non-hydrogen) atoms. The van der Waals surface area contributed by atoms with Gasteiger partial charge in [0.15, 0.2) is 40.6 Å². The van der Waals surface area contributed by atoms with Crippen molar-refractivity contribution in [1.82, 2.24) is 4.90 Å². The molecule has 1 amide bonds. The maximum Gasteiger partial charge on any atom is 0.256 e. The van der Waals surface area contributed by atoms with Crippen molar-refractivity contribution in [2.45, 2.75) is 44.2 Å². The van der Waals surface area contributed by atoms with Crippen molar-refractivity contribution < 1.29 is 42.8 Å². The molecule has 3 aromatic rings. The third kappa shape index (κ3) is 6.46. The van der Waals surface area contributed by atoms with E-state index >= 15 is 0 Å². The molecule has 0 N–H and O–H groups in total. The van der Waals surface area contributed by atoms with E-state index in [4.69, 9.17) is 38.0 Å². The molecule has 0 aromatic heterocycles. The lowest BCUT2D eigenvalue weighted by Crippen LogP contribution is -2.35. The average Bonchev–Trinajstić information content (AvgIpc) is 3.80. The first-order valence-corrected chi connectivity index (χ1v) is 17.0. The highest BCUT2D eigenvalue weighted by Gasteiger charge is 2.34. The van der Waals surface area contributed by atoms with Crippen LogP contribution >= 0.6 is 0 Å². The van der Waals surface area contributed by atoms with Crippen LogP contribution in [0.1, 0.15) is 59.7 Å². The Morgan fingerprint density at radius 1 is 0.780 bits per heavy atom. The smallest absolute Gasteiger partial charge is 0.256 e. The summed E-state index contributed by atoms with van der Waals surface area (Å²) in [6.07, 6.45) is 6.06. The summed E-state index contributed by atoms with van der Waals surface area (Å²) in [5.74, 6) is 4.93. The minimum Gasteiger partial charge on any atom is -0.493 e. The van der Waals surface area contributed by atoms with E-state index in [0.717, 1.165) is 49.1 Å². The number of aliphatic imine (C=N–C) groups is 1. The van der Waals surface area contributed by atoms with Crippen LogP contribution in [0, 0.1) is 11.8 Å². The Labute approximate surface area is 291 Å². The van der Waals surface area contributed by atoms with Crippen molar-refractivity contribution in [2.75, 3.05) is 55.3 Å². The molecule has 1 saturated heterocycles. The highest BCUT2D eigenvalue weighted by molar-refractivity contribution is 6.03. The fourth-order valence-electron chi connectivity index (χ4n) is 7.16. The number of hydrogen-bond acceptors (Lipinski definition) is 11. The van der Waals surface area contributed by atoms with Crippen LogP contribution in [0.4, 0.5) is 5.69 Å². The standard InChI is InChI=1S/C38H43N3O9/c1-43-32-13-24(28-17-31(50-40-28)25-14-35(45-3)37(47-5)36(15-25)46-4)8-9-30(32)48-20-22-11-23(12-22)21-49-34-18-29-27(16-33(34)44-2)38(42)41-10-6-7-26(41)19-39-29/h8-9,13-16,18-19,22-23,26,31H,6-7,10-12,17,20-21H2,1-5H3/t22?,23?,26-,31?/m0/s1. The van der Waals surface area contributed by atoms with Gasteiger partial charge in [-0.3, -0.25) is 9.79 Å². The van der Waals surface area contributed by atoms with Crippen molar-refractivity contribution in [3.8, 4) is 40.2 Å². The first-order chi connectivity index (χ1) is 24.4. The van der Waals surface area contributed by atoms with E-state index in [1.54, 1.807) is 41.6 Å². The highest BCUT2D eigenvalue weighted by atomic mass is 16.6. The summed E-state index contributed by atoms with van der Waals surface area (Å²) in [6.45, 7) is 1.89. The van der Waals surface area contributed by atoms with Gasteiger partial charge in [0, 0.05) is 36.4 Å². The third-order valence-corrected chi connectivity index (χ3v) is 9.97. The molecule has 1 unspecified atom stereocenters. The van der Waals surface area contributed by atoms with E-state index in [1.807, 2.05) is 47.5 Å². The van der Waals surface area contributed by atoms with Gasteiger partial charge in [0.25, 0.3) is 5.91 Å². The van der Waals surface area contributed by atoms with Crippen LogP contribution in [0.3, 0.4) is 0 Å². The summed E-state index contributed by atoms with van der Waals surface area (Å²) in [7, 11) is 7.98. The normalized spacial score (nSPS) is 22.0. The van der Waals surface area contributed by atoms with Crippen molar-refractivity contribution >= 4 is 23.5 Å². The largest absolute Gasteiger partial charge is 0.493 e. The summed E-state index contributed by atoms with van der Waals surface area (Å²) < 4.78 is 40.2. The van der Waals surface area contributed by atoms with E-state index in [0.29, 0.717) is 83.0 Å². The zero-order valence-electron chi connectivity index (χ0n) is 29.1. The predicted molar refractivity (Wildman–Crippen MR) is 186 cm³/mol. The van der Waals surface area contributed by atoms with Crippen molar-refractivity contribution in [3.05, 3.63) is 59.2 Å². The summed E-state index contributed by atoms with van der Waals surface area (Å²) in [5.41, 5.74) is 3.76. The second kappa shape index (κ2) is 14.4. The van der Waals surface area contributed by atoms with Crippen LogP contribution in [0.15, 0.2) is 52.6 Å². The Bertz CT molecular complexity index is 1780. The fraction of sp³-hybridized carbons (Fsp3) is 0.447. The van der Waals surface area contributed by atoms with Crippen LogP contribution in [0.2, 0.25) is 0 Å². The molecule has 1 saturated carbocycles. The molecule has 264 valence electrons. The minimum absolute atomic E-state index is 0.000351. The Balaban J connectivity index is 0.917. The van der Waals surface area contributed by atoms with E-state index in [1.165, 1.54) is 0 Å². The number of nitrogens with zero attached hydrogens (tertiary/aromatic N) is 3. The summed E-state index contributed by atoms with van der Waals surface area (Å²) in [4.78, 5) is 25.5. The molecule has 3 aromatic carbocycles. The molecule has 0 radical (unpaired) electrons. The number of hydrogen-bond donors (Lipinski definition) is 0. The summed E-state index contributed by atoms with van der Waals surface area (Å²) in [6, 6.07) is 13.2. The van der Waals surface area contributed by atoms with Crippen LogP contribution in [-0.2, 0) is 4.84 Å². The van der Waals surface area contributed by atoms with E-state index in [-0.39, 0.29) is 18.1 Å². The summed E-state index contributed by atoms with van der Waals surface area (Å²) >= 11 is 0. The summed E-state index contributed by atoms with van der Waals surface area (Å²) in [5, 5.41) is 4.38. The molecule has 2 atom stereocenters. The van der Waals surface area contributed by atoms with E-state index < -0.39 is 0 Å². The lowest BCUT2D eigenvalue weighted by atomic mass is 9.76. The Morgan fingerprint density at radius 3 is 2.14 bits per heavy atom. The zero-order chi connectivity index (χ0) is 34.8. The van der Waals surface area contributed by atoms with Crippen LogP contribution in [0.5, 0.6) is 40.2 Å². The van der Waals surface area contributed by atoms with E-state index in [2.05, 4.69) is 10.1 Å². The fourth-order valence-corrected chi connectivity index (χ4v) is 7.16. The Kier molecular flexibility index (Phi) is 9.60. The molecule has 4 aliphatic rings. The number of carbonyl (C=O) groups is 1. The molecule has 1 aliphatic carbocycles. The van der Waals surface area contributed by atoms with Crippen molar-refractivity contribution in [3.63, 3.8) is 0 Å². The van der Waals surface area contributed by atoms with Gasteiger partial charge in [-0.05, 0) is 73.9 Å². The number of benzene rings is 3. The van der Waals surface area contributed by atoms with Crippen LogP contribution in [0.25, 0.3) is 0 Å². The van der Waals surface area contributed by atoms with Crippen LogP contribution < -0.4 is 33.2 Å². The SMILES string of the molecule is COc1cc(C2=NOC(c3cc(OC)c(OC)c(OC)c3)C2)ccc1OCC1CC(COc2cc3c(cc2OC)C(=O)N2CCC[C@H]2C=N3)C1. The number of oxime groups is 1. The predicted octanol–water partition coefficient (Wildman–Crippen LogP) is 6.40. The Hall–Kier alpha value is -5.13. The second-order valence-electron chi connectivity index (χ2n) is 13.0. The molecular formula is C38H43N3O9. The topological polar surface area (TPSA) is 119 Å². The molecular weight excluding hydrogens is 642 g/mol. The molecule has 0 bridgehead atoms. The maximum absolute atomic E-state index is 13.2. The minimum atomic E-state index is -0.301. The Morgan fingerprint density at radius 2 is 1.46 bits per heavy atom. The van der Waals surface area contributed by atoms with Crippen molar-refractivity contribution in [1.29, 1.82) is 0 Å². The molecule has 12 nitrogen and oxygen atoms in total. The molecule has 0 spiro atoms. The molecule has 2 fully saturated rings. The lowest BCUT2D eigenvalue weighted by molar-refractivity contribution is 0.0772. The van der Waals surface area contributed by atoms with Gasteiger partial charge >= 0.3 is 0 Å². The first-order valence-electron chi connectivity index (χ1n) is 17.0. The lowest BCUT2D eigenvalue weighted by Gasteiger charge is -2.35. The first kappa shape index (κ1) is 33.4. The van der Waals surface area contributed by atoms with Crippen LogP contribution in [-0.4, -0.2) is 84.1 Å².